The molecule has 8 nitrogen and oxygen atoms in total. The maximum atomic E-state index is 12.2. The van der Waals surface area contributed by atoms with E-state index in [1.54, 1.807) is 24.3 Å². The van der Waals surface area contributed by atoms with E-state index in [1.807, 2.05) is 0 Å². The Morgan fingerprint density at radius 2 is 1.93 bits per heavy atom. The lowest BCUT2D eigenvalue weighted by Gasteiger charge is -2.07. The lowest BCUT2D eigenvalue weighted by Crippen LogP contribution is -2.14. The predicted molar refractivity (Wildman–Crippen MR) is 102 cm³/mol. The van der Waals surface area contributed by atoms with E-state index in [2.05, 4.69) is 10.6 Å². The van der Waals surface area contributed by atoms with Crippen molar-refractivity contribution in [2.24, 2.45) is 0 Å². The number of halogens is 2. The lowest BCUT2D eigenvalue weighted by atomic mass is 10.2. The van der Waals surface area contributed by atoms with Crippen molar-refractivity contribution in [1.82, 2.24) is 0 Å². The van der Waals surface area contributed by atoms with Crippen molar-refractivity contribution < 1.29 is 14.5 Å². The maximum absolute atomic E-state index is 12.2. The highest BCUT2D eigenvalue weighted by Gasteiger charge is 2.15. The number of amides is 1. The first-order valence-electron chi connectivity index (χ1n) is 7.31. The van der Waals surface area contributed by atoms with Gasteiger partial charge in [-0.25, -0.2) is 0 Å². The molecule has 0 aromatic heterocycles. The summed E-state index contributed by atoms with van der Waals surface area (Å²) in [6.07, 6.45) is 1.19. The van der Waals surface area contributed by atoms with Gasteiger partial charge in [-0.15, -0.1) is 0 Å². The molecule has 1 amide bonds. The number of hydrogen-bond donors (Lipinski definition) is 2. The largest absolute Gasteiger partial charge is 0.495 e. The maximum Gasteiger partial charge on any atom is 0.289 e. The average Bonchev–Trinajstić information content (AvgIpc) is 2.63. The topological polar surface area (TPSA) is 117 Å². The molecule has 27 heavy (non-hydrogen) atoms. The Morgan fingerprint density at radius 3 is 2.52 bits per heavy atom. The molecular formula is C17H12Cl2N4O4. The predicted octanol–water partition coefficient (Wildman–Crippen LogP) is 4.37. The summed E-state index contributed by atoms with van der Waals surface area (Å²) in [6, 6.07) is 10.4. The van der Waals surface area contributed by atoms with Gasteiger partial charge in [-0.2, -0.15) is 5.26 Å². The van der Waals surface area contributed by atoms with Crippen LogP contribution in [0.4, 0.5) is 17.1 Å². The van der Waals surface area contributed by atoms with Crippen LogP contribution in [0.15, 0.2) is 48.2 Å². The first-order chi connectivity index (χ1) is 12.8. The van der Waals surface area contributed by atoms with Crippen LogP contribution in [0.2, 0.25) is 10.0 Å². The van der Waals surface area contributed by atoms with Crippen molar-refractivity contribution in [3.63, 3.8) is 0 Å². The number of nitro groups is 1. The van der Waals surface area contributed by atoms with Crippen molar-refractivity contribution in [2.45, 2.75) is 0 Å². The number of carbonyl (C=O) groups is 1. The molecule has 0 atom stereocenters. The van der Waals surface area contributed by atoms with Crippen molar-refractivity contribution in [2.75, 3.05) is 17.7 Å². The highest BCUT2D eigenvalue weighted by Crippen LogP contribution is 2.28. The Hall–Kier alpha value is -3.28. The summed E-state index contributed by atoms with van der Waals surface area (Å²) in [6.45, 7) is 0. The minimum atomic E-state index is -0.749. The normalized spacial score (nSPS) is 10.7. The minimum Gasteiger partial charge on any atom is -0.495 e. The second-order valence-corrected chi connectivity index (χ2v) is 5.86. The Labute approximate surface area is 164 Å². The van der Waals surface area contributed by atoms with Gasteiger partial charge in [-0.3, -0.25) is 14.9 Å². The monoisotopic (exact) mass is 406 g/mol. The fraction of sp³-hybridized carbons (Fsp3) is 0.0588. The smallest absolute Gasteiger partial charge is 0.289 e. The summed E-state index contributed by atoms with van der Waals surface area (Å²) in [7, 11) is 1.48. The molecule has 2 N–H and O–H groups in total. The molecule has 0 bridgehead atoms. The molecule has 0 aliphatic rings. The lowest BCUT2D eigenvalue weighted by molar-refractivity contribution is -0.384. The van der Waals surface area contributed by atoms with Gasteiger partial charge in [-0.05, 0) is 30.3 Å². The summed E-state index contributed by atoms with van der Waals surface area (Å²) in [5.41, 5.74) is 0.0516. The summed E-state index contributed by atoms with van der Waals surface area (Å²) in [5.74, 6) is -0.269. The molecule has 0 fully saturated rings. The molecule has 138 valence electrons. The van der Waals surface area contributed by atoms with Gasteiger partial charge < -0.3 is 15.4 Å². The van der Waals surface area contributed by atoms with Crippen LogP contribution in [0.1, 0.15) is 0 Å². The van der Waals surface area contributed by atoms with Crippen molar-refractivity contribution in [3.8, 4) is 11.8 Å². The second kappa shape index (κ2) is 8.89. The van der Waals surface area contributed by atoms with Gasteiger partial charge in [0, 0.05) is 23.6 Å². The van der Waals surface area contributed by atoms with Gasteiger partial charge in [0.2, 0.25) is 0 Å². The summed E-state index contributed by atoms with van der Waals surface area (Å²) in [4.78, 5) is 22.4. The number of ether oxygens (including phenoxy) is 1. The molecule has 0 aliphatic carbocycles. The van der Waals surface area contributed by atoms with Crippen LogP contribution in [0.3, 0.4) is 0 Å². The molecule has 0 spiro atoms. The zero-order valence-electron chi connectivity index (χ0n) is 13.8. The van der Waals surface area contributed by atoms with E-state index in [0.29, 0.717) is 16.5 Å². The number of nitrogens with one attached hydrogen (secondary N) is 2. The number of nitro benzene ring substituents is 1. The van der Waals surface area contributed by atoms with Gasteiger partial charge >= 0.3 is 0 Å². The zero-order chi connectivity index (χ0) is 20.0. The van der Waals surface area contributed by atoms with Crippen LogP contribution in [-0.2, 0) is 4.79 Å². The van der Waals surface area contributed by atoms with E-state index in [1.165, 1.54) is 25.4 Å². The van der Waals surface area contributed by atoms with Crippen LogP contribution in [0.5, 0.6) is 5.75 Å². The SMILES string of the molecule is COc1ccc(N/C=C(/C#N)C(=O)Nc2ccc(Cl)c([N+](=O)[O-])c2)cc1Cl. The third kappa shape index (κ3) is 5.10. The summed E-state index contributed by atoms with van der Waals surface area (Å²) in [5, 5.41) is 25.6. The van der Waals surface area contributed by atoms with Gasteiger partial charge in [-0.1, -0.05) is 23.2 Å². The second-order valence-electron chi connectivity index (χ2n) is 5.04. The van der Waals surface area contributed by atoms with E-state index in [0.717, 1.165) is 6.07 Å². The highest BCUT2D eigenvalue weighted by molar-refractivity contribution is 6.33. The summed E-state index contributed by atoms with van der Waals surface area (Å²) < 4.78 is 5.04. The van der Waals surface area contributed by atoms with Crippen LogP contribution >= 0.6 is 23.2 Å². The Balaban J connectivity index is 2.15. The number of nitrogens with zero attached hydrogens (tertiary/aromatic N) is 2. The third-order valence-electron chi connectivity index (χ3n) is 3.30. The number of benzene rings is 2. The molecule has 0 unspecified atom stereocenters. The van der Waals surface area contributed by atoms with Crippen LogP contribution in [0.25, 0.3) is 0 Å². The number of rotatable bonds is 6. The molecule has 0 heterocycles. The molecule has 0 saturated heterocycles. The Kier molecular flexibility index (Phi) is 6.60. The Bertz CT molecular complexity index is 970. The standard InChI is InChI=1S/C17H12Cl2N4O4/c1-27-16-5-3-11(6-14(16)19)21-9-10(8-20)17(24)22-12-2-4-13(18)15(7-12)23(25)26/h2-7,9,21H,1H3,(H,22,24)/b10-9-. The van der Waals surface area contributed by atoms with Gasteiger partial charge in [0.25, 0.3) is 11.6 Å². The van der Waals surface area contributed by atoms with Crippen molar-refractivity contribution in [1.29, 1.82) is 5.26 Å². The highest BCUT2D eigenvalue weighted by atomic mass is 35.5. The molecule has 2 rings (SSSR count). The molecule has 10 heteroatoms. The van der Waals surface area contributed by atoms with E-state index in [-0.39, 0.29) is 22.0 Å². The van der Waals surface area contributed by atoms with Gasteiger partial charge in [0.15, 0.2) is 0 Å². The molecule has 2 aromatic carbocycles. The third-order valence-corrected chi connectivity index (χ3v) is 3.92. The van der Waals surface area contributed by atoms with Crippen molar-refractivity contribution >= 4 is 46.2 Å². The van der Waals surface area contributed by atoms with Crippen LogP contribution < -0.4 is 15.4 Å². The van der Waals surface area contributed by atoms with E-state index in [4.69, 9.17) is 27.9 Å². The van der Waals surface area contributed by atoms with E-state index in [9.17, 15) is 20.2 Å². The Morgan fingerprint density at radius 1 is 1.22 bits per heavy atom. The number of anilines is 2. The number of carbonyl (C=O) groups excluding carboxylic acids is 1. The molecule has 0 saturated carbocycles. The minimum absolute atomic E-state index is 0.0629. The molecule has 0 radical (unpaired) electrons. The molecular weight excluding hydrogens is 395 g/mol. The number of nitriles is 1. The molecule has 0 aliphatic heterocycles. The van der Waals surface area contributed by atoms with E-state index < -0.39 is 10.8 Å². The van der Waals surface area contributed by atoms with E-state index >= 15 is 0 Å². The van der Waals surface area contributed by atoms with Crippen LogP contribution in [0, 0.1) is 21.4 Å². The zero-order valence-corrected chi connectivity index (χ0v) is 15.3. The first kappa shape index (κ1) is 20.0. The van der Waals surface area contributed by atoms with Crippen LogP contribution in [-0.4, -0.2) is 17.9 Å². The molecule has 2 aromatic rings. The fourth-order valence-corrected chi connectivity index (χ4v) is 2.43. The first-order valence-corrected chi connectivity index (χ1v) is 8.07. The number of hydrogen-bond acceptors (Lipinski definition) is 6. The quantitative estimate of drug-likeness (QED) is 0.318. The average molecular weight is 407 g/mol. The summed E-state index contributed by atoms with van der Waals surface area (Å²) >= 11 is 11.7. The fourth-order valence-electron chi connectivity index (χ4n) is 1.99. The van der Waals surface area contributed by atoms with Gasteiger partial charge in [0.05, 0.1) is 17.1 Å². The van der Waals surface area contributed by atoms with Crippen molar-refractivity contribution in [3.05, 3.63) is 68.3 Å². The van der Waals surface area contributed by atoms with Gasteiger partial charge in [0.1, 0.15) is 22.4 Å². The number of methoxy groups -OCH3 is 1.